The van der Waals surface area contributed by atoms with Crippen molar-refractivity contribution >= 4 is 28.3 Å². The Labute approximate surface area is 202 Å². The van der Waals surface area contributed by atoms with Gasteiger partial charge < -0.3 is 14.6 Å². The van der Waals surface area contributed by atoms with Crippen LogP contribution >= 0.6 is 0 Å². The molecular formula is C28H25FN2O4. The standard InChI is InChI=1S/C28H25FN2O4/c1-4-35-22-11-12-25-23(14-22)28(34)24(27(33)19-6-8-20(29)9-7-19)15-31(25)16-26(32)30-21-10-5-17(2)18(3)13-21/h5-15H,4,16H2,1-3H3,(H,30,32). The minimum absolute atomic E-state index is 0.114. The number of aryl methyl sites for hydroxylation is 2. The Bertz CT molecular complexity index is 1490. The highest BCUT2D eigenvalue weighted by Crippen LogP contribution is 2.21. The van der Waals surface area contributed by atoms with Crippen molar-refractivity contribution in [3.8, 4) is 5.75 Å². The van der Waals surface area contributed by atoms with Crippen molar-refractivity contribution in [2.24, 2.45) is 0 Å². The number of hydrogen-bond donors (Lipinski definition) is 1. The number of ether oxygens (including phenoxy) is 1. The largest absolute Gasteiger partial charge is 0.494 e. The van der Waals surface area contributed by atoms with Crippen LogP contribution in [0, 0.1) is 19.7 Å². The van der Waals surface area contributed by atoms with E-state index >= 15 is 0 Å². The lowest BCUT2D eigenvalue weighted by molar-refractivity contribution is -0.116. The third-order valence-corrected chi connectivity index (χ3v) is 5.82. The predicted molar refractivity (Wildman–Crippen MR) is 134 cm³/mol. The van der Waals surface area contributed by atoms with Gasteiger partial charge in [-0.3, -0.25) is 14.4 Å². The van der Waals surface area contributed by atoms with Gasteiger partial charge in [-0.25, -0.2) is 4.39 Å². The van der Waals surface area contributed by atoms with Crippen LogP contribution in [-0.2, 0) is 11.3 Å². The second-order valence-corrected chi connectivity index (χ2v) is 8.29. The number of anilines is 1. The summed E-state index contributed by atoms with van der Waals surface area (Å²) in [5.74, 6) is -0.870. The van der Waals surface area contributed by atoms with Gasteiger partial charge in [-0.15, -0.1) is 0 Å². The molecule has 1 N–H and O–H groups in total. The second-order valence-electron chi connectivity index (χ2n) is 8.29. The Morgan fingerprint density at radius 3 is 2.40 bits per heavy atom. The zero-order chi connectivity index (χ0) is 25.1. The number of benzene rings is 3. The molecule has 0 aliphatic carbocycles. The fraction of sp³-hybridized carbons (Fsp3) is 0.179. The Morgan fingerprint density at radius 2 is 1.71 bits per heavy atom. The first kappa shape index (κ1) is 23.9. The molecule has 6 nitrogen and oxygen atoms in total. The van der Waals surface area contributed by atoms with Crippen LogP contribution in [0.5, 0.6) is 5.75 Å². The minimum atomic E-state index is -0.554. The Kier molecular flexibility index (Phi) is 6.78. The summed E-state index contributed by atoms with van der Waals surface area (Å²) in [6.07, 6.45) is 1.39. The fourth-order valence-corrected chi connectivity index (χ4v) is 3.86. The van der Waals surface area contributed by atoms with E-state index in [-0.39, 0.29) is 29.0 Å². The highest BCUT2D eigenvalue weighted by molar-refractivity contribution is 6.10. The molecule has 178 valence electrons. The number of hydrogen-bond acceptors (Lipinski definition) is 4. The molecule has 0 atom stereocenters. The number of aromatic nitrogens is 1. The molecule has 4 aromatic rings. The molecule has 0 unspecified atom stereocenters. The maximum absolute atomic E-state index is 13.4. The third-order valence-electron chi connectivity index (χ3n) is 5.82. The van der Waals surface area contributed by atoms with Gasteiger partial charge in [-0.2, -0.15) is 0 Å². The van der Waals surface area contributed by atoms with Gasteiger partial charge in [0.1, 0.15) is 18.1 Å². The SMILES string of the molecule is CCOc1ccc2c(c1)c(=O)c(C(=O)c1ccc(F)cc1)cn2CC(=O)Nc1ccc(C)c(C)c1. The van der Waals surface area contributed by atoms with E-state index < -0.39 is 17.0 Å². The highest BCUT2D eigenvalue weighted by Gasteiger charge is 2.19. The smallest absolute Gasteiger partial charge is 0.244 e. The molecule has 1 aromatic heterocycles. The van der Waals surface area contributed by atoms with E-state index in [0.717, 1.165) is 23.3 Å². The zero-order valence-electron chi connectivity index (χ0n) is 19.7. The van der Waals surface area contributed by atoms with Gasteiger partial charge in [-0.1, -0.05) is 6.07 Å². The number of carbonyl (C=O) groups excluding carboxylic acids is 2. The van der Waals surface area contributed by atoms with E-state index in [0.29, 0.717) is 23.6 Å². The lowest BCUT2D eigenvalue weighted by Crippen LogP contribution is -2.24. The summed E-state index contributed by atoms with van der Waals surface area (Å²) >= 11 is 0. The van der Waals surface area contributed by atoms with Crippen LogP contribution in [0.4, 0.5) is 10.1 Å². The molecule has 0 aliphatic rings. The first-order chi connectivity index (χ1) is 16.8. The molecule has 0 radical (unpaired) electrons. The Balaban J connectivity index is 1.77. The fourth-order valence-electron chi connectivity index (χ4n) is 3.86. The van der Waals surface area contributed by atoms with Gasteiger partial charge in [-0.05, 0) is 86.5 Å². The predicted octanol–water partition coefficient (Wildman–Crippen LogP) is 5.03. The molecule has 0 saturated carbocycles. The summed E-state index contributed by atoms with van der Waals surface area (Å²) in [6.45, 7) is 6.06. The van der Waals surface area contributed by atoms with Crippen LogP contribution in [0.25, 0.3) is 10.9 Å². The molecular weight excluding hydrogens is 447 g/mol. The number of pyridine rings is 1. The number of nitrogens with zero attached hydrogens (tertiary/aromatic N) is 1. The molecule has 0 fully saturated rings. The lowest BCUT2D eigenvalue weighted by atomic mass is 10.0. The van der Waals surface area contributed by atoms with E-state index in [4.69, 9.17) is 4.74 Å². The van der Waals surface area contributed by atoms with E-state index in [1.807, 2.05) is 39.0 Å². The van der Waals surface area contributed by atoms with Crippen molar-refractivity contribution in [3.05, 3.63) is 105 Å². The van der Waals surface area contributed by atoms with Gasteiger partial charge in [0.2, 0.25) is 11.3 Å². The van der Waals surface area contributed by atoms with Crippen LogP contribution in [0.1, 0.15) is 34.0 Å². The number of rotatable bonds is 7. The normalized spacial score (nSPS) is 10.9. The molecule has 35 heavy (non-hydrogen) atoms. The van der Waals surface area contributed by atoms with Gasteiger partial charge >= 0.3 is 0 Å². The van der Waals surface area contributed by atoms with Crippen LogP contribution in [0.15, 0.2) is 71.7 Å². The third kappa shape index (κ3) is 5.14. The number of fused-ring (bicyclic) bond motifs is 1. The van der Waals surface area contributed by atoms with Crippen molar-refractivity contribution < 1.29 is 18.7 Å². The molecule has 0 aliphatic heterocycles. The maximum Gasteiger partial charge on any atom is 0.244 e. The molecule has 0 spiro atoms. The summed E-state index contributed by atoms with van der Waals surface area (Å²) in [7, 11) is 0. The minimum Gasteiger partial charge on any atom is -0.494 e. The molecule has 1 heterocycles. The van der Waals surface area contributed by atoms with Crippen molar-refractivity contribution in [2.75, 3.05) is 11.9 Å². The molecule has 3 aromatic carbocycles. The molecule has 0 bridgehead atoms. The first-order valence-corrected chi connectivity index (χ1v) is 11.2. The Morgan fingerprint density at radius 1 is 0.971 bits per heavy atom. The van der Waals surface area contributed by atoms with E-state index in [1.54, 1.807) is 22.8 Å². The van der Waals surface area contributed by atoms with Crippen molar-refractivity contribution in [1.29, 1.82) is 0 Å². The molecule has 1 amide bonds. The van der Waals surface area contributed by atoms with Crippen molar-refractivity contribution in [1.82, 2.24) is 4.57 Å². The van der Waals surface area contributed by atoms with Crippen LogP contribution in [0.2, 0.25) is 0 Å². The summed E-state index contributed by atoms with van der Waals surface area (Å²) < 4.78 is 20.5. The topological polar surface area (TPSA) is 77.4 Å². The molecule has 0 saturated heterocycles. The summed E-state index contributed by atoms with van der Waals surface area (Å²) in [5.41, 5.74) is 2.89. The van der Waals surface area contributed by atoms with Gasteiger partial charge in [0.25, 0.3) is 0 Å². The highest BCUT2D eigenvalue weighted by atomic mass is 19.1. The second kappa shape index (κ2) is 9.93. The van der Waals surface area contributed by atoms with E-state index in [9.17, 15) is 18.8 Å². The van der Waals surface area contributed by atoms with Gasteiger partial charge in [0, 0.05) is 17.4 Å². The summed E-state index contributed by atoms with van der Waals surface area (Å²) in [4.78, 5) is 39.4. The quantitative estimate of drug-likeness (QED) is 0.383. The lowest BCUT2D eigenvalue weighted by Gasteiger charge is -2.15. The maximum atomic E-state index is 13.4. The molecule has 7 heteroatoms. The summed E-state index contributed by atoms with van der Waals surface area (Å²) in [6, 6.07) is 15.6. The number of nitrogens with one attached hydrogen (secondary N) is 1. The number of carbonyl (C=O) groups is 2. The van der Waals surface area contributed by atoms with Gasteiger partial charge in [0.05, 0.1) is 23.1 Å². The zero-order valence-corrected chi connectivity index (χ0v) is 19.7. The van der Waals surface area contributed by atoms with E-state index in [1.165, 1.54) is 18.3 Å². The number of ketones is 1. The van der Waals surface area contributed by atoms with Crippen LogP contribution in [-0.4, -0.2) is 22.9 Å². The molecule has 4 rings (SSSR count). The first-order valence-electron chi connectivity index (χ1n) is 11.2. The number of halogens is 1. The Hall–Kier alpha value is -4.26. The van der Waals surface area contributed by atoms with Crippen molar-refractivity contribution in [3.63, 3.8) is 0 Å². The van der Waals surface area contributed by atoms with Gasteiger partial charge in [0.15, 0.2) is 5.78 Å². The average Bonchev–Trinajstić information content (AvgIpc) is 2.83. The monoisotopic (exact) mass is 472 g/mol. The number of amides is 1. The van der Waals surface area contributed by atoms with Crippen molar-refractivity contribution in [2.45, 2.75) is 27.3 Å². The van der Waals surface area contributed by atoms with E-state index in [2.05, 4.69) is 5.32 Å². The summed E-state index contributed by atoms with van der Waals surface area (Å²) in [5, 5.41) is 3.12. The average molecular weight is 473 g/mol. The van der Waals surface area contributed by atoms with Crippen LogP contribution in [0.3, 0.4) is 0 Å². The van der Waals surface area contributed by atoms with Crippen LogP contribution < -0.4 is 15.5 Å².